The van der Waals surface area contributed by atoms with Crippen molar-refractivity contribution < 1.29 is 14.5 Å². The molecule has 0 aliphatic heterocycles. The predicted octanol–water partition coefficient (Wildman–Crippen LogP) is 5.68. The molecule has 0 unspecified atom stereocenters. The summed E-state index contributed by atoms with van der Waals surface area (Å²) in [6.45, 7) is 7.92. The summed E-state index contributed by atoms with van der Waals surface area (Å²) in [7, 11) is 0. The fraction of sp³-hybridized carbons (Fsp3) is 0.200. The number of hydrogen-bond acceptors (Lipinski definition) is 4. The van der Waals surface area contributed by atoms with E-state index in [9.17, 15) is 19.7 Å². The van der Waals surface area contributed by atoms with Gasteiger partial charge in [-0.25, -0.2) is 0 Å². The molecule has 0 aromatic heterocycles. The van der Waals surface area contributed by atoms with Crippen LogP contribution in [0.3, 0.4) is 0 Å². The Morgan fingerprint density at radius 3 is 2.10 bits per heavy atom. The Labute approximate surface area is 181 Å². The monoisotopic (exact) mass is 416 g/mol. The van der Waals surface area contributed by atoms with Gasteiger partial charge in [0.1, 0.15) is 0 Å². The number of aryl methyl sites for hydroxylation is 1. The number of amides is 1. The lowest BCUT2D eigenvalue weighted by Gasteiger charge is -2.19. The summed E-state index contributed by atoms with van der Waals surface area (Å²) in [4.78, 5) is 35.9. The van der Waals surface area contributed by atoms with E-state index in [1.165, 1.54) is 18.2 Å². The van der Waals surface area contributed by atoms with Gasteiger partial charge in [-0.3, -0.25) is 19.7 Å². The molecule has 0 saturated carbocycles. The van der Waals surface area contributed by atoms with Gasteiger partial charge in [0, 0.05) is 34.0 Å². The number of nitrogens with zero attached hydrogens (tertiary/aromatic N) is 1. The third kappa shape index (κ3) is 5.04. The molecular formula is C25H24N2O4. The molecule has 3 aromatic rings. The normalized spacial score (nSPS) is 11.1. The average molecular weight is 416 g/mol. The molecule has 1 N–H and O–H groups in total. The molecule has 6 nitrogen and oxygen atoms in total. The van der Waals surface area contributed by atoms with Crippen LogP contribution in [0.2, 0.25) is 0 Å². The van der Waals surface area contributed by atoms with Crippen molar-refractivity contribution in [1.82, 2.24) is 0 Å². The number of nitro benzene ring substituents is 1. The van der Waals surface area contributed by atoms with E-state index in [0.717, 1.165) is 5.56 Å². The van der Waals surface area contributed by atoms with Crippen molar-refractivity contribution in [2.45, 2.75) is 33.1 Å². The van der Waals surface area contributed by atoms with Crippen LogP contribution in [0, 0.1) is 17.0 Å². The summed E-state index contributed by atoms with van der Waals surface area (Å²) in [5.74, 6) is -0.542. The summed E-state index contributed by atoms with van der Waals surface area (Å²) in [6, 6.07) is 18.4. The zero-order valence-electron chi connectivity index (χ0n) is 17.9. The molecule has 0 heterocycles. The number of carbonyl (C=O) groups is 2. The number of anilines is 1. The van der Waals surface area contributed by atoms with Crippen molar-refractivity contribution in [1.29, 1.82) is 0 Å². The fourth-order valence-electron chi connectivity index (χ4n) is 3.23. The lowest BCUT2D eigenvalue weighted by Crippen LogP contribution is -2.13. The smallest absolute Gasteiger partial charge is 0.272 e. The highest BCUT2D eigenvalue weighted by Crippen LogP contribution is 2.24. The van der Waals surface area contributed by atoms with E-state index in [1.54, 1.807) is 31.2 Å². The van der Waals surface area contributed by atoms with Crippen molar-refractivity contribution in [3.05, 3.63) is 105 Å². The second kappa shape index (κ2) is 8.52. The summed E-state index contributed by atoms with van der Waals surface area (Å²) in [5, 5.41) is 13.7. The third-order valence-corrected chi connectivity index (χ3v) is 5.05. The van der Waals surface area contributed by atoms with Crippen molar-refractivity contribution in [3.63, 3.8) is 0 Å². The Kier molecular flexibility index (Phi) is 6.02. The third-order valence-electron chi connectivity index (χ3n) is 5.05. The summed E-state index contributed by atoms with van der Waals surface area (Å²) in [5.41, 5.74) is 3.31. The average Bonchev–Trinajstić information content (AvgIpc) is 2.72. The fourth-order valence-corrected chi connectivity index (χ4v) is 3.23. The van der Waals surface area contributed by atoms with Crippen LogP contribution in [0.25, 0.3) is 0 Å². The number of carbonyl (C=O) groups excluding carboxylic acids is 2. The van der Waals surface area contributed by atoms with E-state index in [-0.39, 0.29) is 16.9 Å². The van der Waals surface area contributed by atoms with Crippen molar-refractivity contribution >= 4 is 23.1 Å². The van der Waals surface area contributed by atoms with E-state index >= 15 is 0 Å². The molecule has 0 bridgehead atoms. The summed E-state index contributed by atoms with van der Waals surface area (Å²) >= 11 is 0. The predicted molar refractivity (Wildman–Crippen MR) is 121 cm³/mol. The van der Waals surface area contributed by atoms with Gasteiger partial charge in [-0.2, -0.15) is 0 Å². The van der Waals surface area contributed by atoms with Crippen LogP contribution in [0.4, 0.5) is 11.4 Å². The molecule has 3 rings (SSSR count). The molecule has 0 aliphatic rings. The first-order valence-corrected chi connectivity index (χ1v) is 9.88. The van der Waals surface area contributed by atoms with Crippen LogP contribution >= 0.6 is 0 Å². The van der Waals surface area contributed by atoms with Gasteiger partial charge < -0.3 is 5.32 Å². The number of benzene rings is 3. The minimum atomic E-state index is -0.486. The van der Waals surface area contributed by atoms with E-state index in [1.807, 2.05) is 24.3 Å². The van der Waals surface area contributed by atoms with Gasteiger partial charge in [-0.05, 0) is 42.2 Å². The maximum Gasteiger partial charge on any atom is 0.272 e. The molecule has 31 heavy (non-hydrogen) atoms. The number of nitro groups is 1. The Morgan fingerprint density at radius 1 is 0.871 bits per heavy atom. The molecular weight excluding hydrogens is 392 g/mol. The van der Waals surface area contributed by atoms with Crippen LogP contribution in [-0.4, -0.2) is 16.6 Å². The topological polar surface area (TPSA) is 89.3 Å². The van der Waals surface area contributed by atoms with Gasteiger partial charge >= 0.3 is 0 Å². The first-order chi connectivity index (χ1) is 14.6. The van der Waals surface area contributed by atoms with Gasteiger partial charge in [0.05, 0.1) is 4.92 Å². The molecule has 0 saturated heterocycles. The van der Waals surface area contributed by atoms with Gasteiger partial charge in [0.25, 0.3) is 11.6 Å². The molecule has 0 aliphatic carbocycles. The molecule has 0 spiro atoms. The standard InChI is InChI=1S/C25H24N2O4/c1-16-14-19(10-13-22(16)27(30)31)24(29)26-21-7-5-6-18(15-21)23(28)17-8-11-20(12-9-17)25(2,3)4/h5-15H,1-4H3,(H,26,29). The maximum atomic E-state index is 12.9. The van der Waals surface area contributed by atoms with Crippen LogP contribution < -0.4 is 5.32 Å². The first-order valence-electron chi connectivity index (χ1n) is 9.88. The van der Waals surface area contributed by atoms with Gasteiger partial charge in [0.2, 0.25) is 0 Å². The molecule has 158 valence electrons. The summed E-state index contributed by atoms with van der Waals surface area (Å²) in [6.07, 6.45) is 0. The number of hydrogen-bond donors (Lipinski definition) is 1. The minimum Gasteiger partial charge on any atom is -0.322 e. The lowest BCUT2D eigenvalue weighted by atomic mass is 9.86. The highest BCUT2D eigenvalue weighted by atomic mass is 16.6. The van der Waals surface area contributed by atoms with Crippen LogP contribution in [-0.2, 0) is 5.41 Å². The first kappa shape index (κ1) is 21.9. The summed E-state index contributed by atoms with van der Waals surface area (Å²) < 4.78 is 0. The van der Waals surface area contributed by atoms with Crippen molar-refractivity contribution in [2.75, 3.05) is 5.32 Å². The Hall–Kier alpha value is -3.80. The minimum absolute atomic E-state index is 0.00198. The molecule has 0 radical (unpaired) electrons. The highest BCUT2D eigenvalue weighted by molar-refractivity contribution is 6.10. The van der Waals surface area contributed by atoms with Crippen LogP contribution in [0.5, 0.6) is 0 Å². The van der Waals surface area contributed by atoms with E-state index in [4.69, 9.17) is 0 Å². The van der Waals surface area contributed by atoms with Crippen LogP contribution in [0.15, 0.2) is 66.7 Å². The number of ketones is 1. The largest absolute Gasteiger partial charge is 0.322 e. The van der Waals surface area contributed by atoms with Crippen molar-refractivity contribution in [3.8, 4) is 0 Å². The zero-order chi connectivity index (χ0) is 22.8. The van der Waals surface area contributed by atoms with E-state index in [0.29, 0.717) is 27.9 Å². The number of rotatable bonds is 5. The quantitative estimate of drug-likeness (QED) is 0.329. The second-order valence-electron chi connectivity index (χ2n) is 8.45. The Bertz CT molecular complexity index is 1160. The maximum absolute atomic E-state index is 12.9. The van der Waals surface area contributed by atoms with Crippen LogP contribution in [0.1, 0.15) is 58.2 Å². The van der Waals surface area contributed by atoms with Gasteiger partial charge in [-0.1, -0.05) is 57.2 Å². The number of nitrogens with one attached hydrogen (secondary N) is 1. The lowest BCUT2D eigenvalue weighted by molar-refractivity contribution is -0.385. The molecule has 1 amide bonds. The second-order valence-corrected chi connectivity index (χ2v) is 8.45. The molecule has 0 atom stereocenters. The van der Waals surface area contributed by atoms with E-state index in [2.05, 4.69) is 26.1 Å². The Balaban J connectivity index is 1.78. The molecule has 0 fully saturated rings. The van der Waals surface area contributed by atoms with E-state index < -0.39 is 10.8 Å². The molecule has 6 heteroatoms. The zero-order valence-corrected chi connectivity index (χ0v) is 17.9. The van der Waals surface area contributed by atoms with Gasteiger partial charge in [-0.15, -0.1) is 0 Å². The SMILES string of the molecule is Cc1cc(C(=O)Nc2cccc(C(=O)c3ccc(C(C)(C)C)cc3)c2)ccc1[N+](=O)[O-]. The highest BCUT2D eigenvalue weighted by Gasteiger charge is 2.17. The van der Waals surface area contributed by atoms with Crippen molar-refractivity contribution in [2.24, 2.45) is 0 Å². The molecule has 3 aromatic carbocycles. The Morgan fingerprint density at radius 2 is 1.52 bits per heavy atom. The van der Waals surface area contributed by atoms with Gasteiger partial charge in [0.15, 0.2) is 5.78 Å².